The van der Waals surface area contributed by atoms with Crippen LogP contribution in [0.1, 0.15) is 73.6 Å². The number of ether oxygens (including phenoxy) is 1. The van der Waals surface area contributed by atoms with Crippen molar-refractivity contribution in [2.45, 2.75) is 79.8 Å². The molecule has 2 atom stereocenters. The van der Waals surface area contributed by atoms with Gasteiger partial charge in [0.1, 0.15) is 6.10 Å². The van der Waals surface area contributed by atoms with Crippen LogP contribution in [0.3, 0.4) is 0 Å². The molecule has 2 nitrogen and oxygen atoms in total. The molecular formula is C21H34O2. The lowest BCUT2D eigenvalue weighted by Crippen LogP contribution is -2.29. The molecule has 0 spiro atoms. The Labute approximate surface area is 142 Å². The van der Waals surface area contributed by atoms with E-state index in [2.05, 4.69) is 46.8 Å². The lowest BCUT2D eigenvalue weighted by Gasteiger charge is -2.29. The van der Waals surface area contributed by atoms with Crippen LogP contribution in [0.2, 0.25) is 0 Å². The molecule has 0 N–H and O–H groups in total. The summed E-state index contributed by atoms with van der Waals surface area (Å²) < 4.78 is 5.86. The minimum absolute atomic E-state index is 0.116. The van der Waals surface area contributed by atoms with E-state index in [4.69, 9.17) is 4.74 Å². The predicted octanol–water partition coefficient (Wildman–Crippen LogP) is 5.99. The molecule has 0 fully saturated rings. The highest BCUT2D eigenvalue weighted by Gasteiger charge is 2.26. The van der Waals surface area contributed by atoms with Crippen LogP contribution in [0.25, 0.3) is 0 Å². The first kappa shape index (κ1) is 19.7. The first-order valence-corrected chi connectivity index (χ1v) is 9.04. The van der Waals surface area contributed by atoms with Crippen molar-refractivity contribution in [3.63, 3.8) is 0 Å². The molecular weight excluding hydrogens is 284 g/mol. The second-order valence-corrected chi connectivity index (χ2v) is 7.29. The topological polar surface area (TPSA) is 26.3 Å². The largest absolute Gasteiger partial charge is 0.455 e. The fourth-order valence-corrected chi connectivity index (χ4v) is 3.00. The molecule has 0 bridgehead atoms. The molecule has 1 aliphatic rings. The van der Waals surface area contributed by atoms with Gasteiger partial charge in [-0.25, -0.2) is 4.79 Å². The Hall–Kier alpha value is -1.31. The molecule has 0 aromatic carbocycles. The zero-order valence-electron chi connectivity index (χ0n) is 15.8. The van der Waals surface area contributed by atoms with Crippen LogP contribution in [0, 0.1) is 11.8 Å². The maximum atomic E-state index is 12.2. The summed E-state index contributed by atoms with van der Waals surface area (Å²) in [6.07, 6.45) is 11.2. The Morgan fingerprint density at radius 3 is 2.61 bits per heavy atom. The zero-order chi connectivity index (χ0) is 17.4. The molecule has 0 aromatic heterocycles. The highest BCUT2D eigenvalue weighted by Crippen LogP contribution is 2.29. The molecule has 0 radical (unpaired) electrons. The van der Waals surface area contributed by atoms with Crippen molar-refractivity contribution in [1.29, 1.82) is 0 Å². The monoisotopic (exact) mass is 318 g/mol. The summed E-state index contributed by atoms with van der Waals surface area (Å²) in [5.74, 6) is 0.652. The normalized spacial score (nSPS) is 28.6. The van der Waals surface area contributed by atoms with Gasteiger partial charge in [0.15, 0.2) is 0 Å². The van der Waals surface area contributed by atoms with E-state index < -0.39 is 0 Å². The number of carbonyl (C=O) groups is 1. The lowest BCUT2D eigenvalue weighted by molar-refractivity contribution is -0.144. The highest BCUT2D eigenvalue weighted by atomic mass is 16.5. The summed E-state index contributed by atoms with van der Waals surface area (Å²) in [7, 11) is 0. The Morgan fingerprint density at radius 2 is 2.00 bits per heavy atom. The molecule has 0 saturated heterocycles. The fraction of sp³-hybridized carbons (Fsp3) is 0.667. The molecule has 0 amide bonds. The van der Waals surface area contributed by atoms with E-state index in [-0.39, 0.29) is 12.1 Å². The average Bonchev–Trinajstić information content (AvgIpc) is 2.46. The molecule has 0 saturated carbocycles. The van der Waals surface area contributed by atoms with E-state index >= 15 is 0 Å². The Balaban J connectivity index is 2.99. The maximum absolute atomic E-state index is 12.2. The molecule has 1 aliphatic carbocycles. The van der Waals surface area contributed by atoms with Gasteiger partial charge in [0, 0.05) is 12.0 Å². The minimum Gasteiger partial charge on any atom is -0.455 e. The molecule has 0 heterocycles. The van der Waals surface area contributed by atoms with Gasteiger partial charge < -0.3 is 4.74 Å². The number of carbonyl (C=O) groups excluding carboxylic acids is 1. The van der Waals surface area contributed by atoms with E-state index in [0.29, 0.717) is 11.8 Å². The third-order valence-electron chi connectivity index (χ3n) is 4.80. The van der Waals surface area contributed by atoms with Gasteiger partial charge in [-0.3, -0.25) is 0 Å². The van der Waals surface area contributed by atoms with E-state index in [9.17, 15) is 4.79 Å². The van der Waals surface area contributed by atoms with Gasteiger partial charge >= 0.3 is 5.97 Å². The van der Waals surface area contributed by atoms with E-state index in [0.717, 1.165) is 37.7 Å². The quantitative estimate of drug-likeness (QED) is 0.361. The Kier molecular flexibility index (Phi) is 8.36. The smallest absolute Gasteiger partial charge is 0.331 e. The Morgan fingerprint density at radius 1 is 1.30 bits per heavy atom. The predicted molar refractivity (Wildman–Crippen MR) is 98.2 cm³/mol. The summed E-state index contributed by atoms with van der Waals surface area (Å²) in [5, 5.41) is 0. The van der Waals surface area contributed by atoms with Crippen LogP contribution >= 0.6 is 0 Å². The van der Waals surface area contributed by atoms with Crippen LogP contribution in [0.4, 0.5) is 0 Å². The second kappa shape index (κ2) is 9.75. The van der Waals surface area contributed by atoms with Crippen LogP contribution in [0.15, 0.2) is 34.9 Å². The van der Waals surface area contributed by atoms with Crippen LogP contribution in [-0.4, -0.2) is 12.1 Å². The van der Waals surface area contributed by atoms with Gasteiger partial charge in [-0.1, -0.05) is 43.6 Å². The maximum Gasteiger partial charge on any atom is 0.331 e. The van der Waals surface area contributed by atoms with Crippen LogP contribution in [0.5, 0.6) is 0 Å². The third-order valence-corrected chi connectivity index (χ3v) is 4.80. The summed E-state index contributed by atoms with van der Waals surface area (Å²) in [6, 6.07) is 0. The van der Waals surface area contributed by atoms with Crippen molar-refractivity contribution in [3.05, 3.63) is 34.9 Å². The Bertz CT molecular complexity index is 480. The molecule has 2 heteroatoms. The number of hydrogen-bond donors (Lipinski definition) is 0. The molecule has 23 heavy (non-hydrogen) atoms. The van der Waals surface area contributed by atoms with Crippen molar-refractivity contribution in [1.82, 2.24) is 0 Å². The summed E-state index contributed by atoms with van der Waals surface area (Å²) >= 11 is 0. The molecule has 0 aromatic rings. The highest BCUT2D eigenvalue weighted by molar-refractivity contribution is 5.83. The van der Waals surface area contributed by atoms with Gasteiger partial charge in [0.05, 0.1) is 0 Å². The first-order chi connectivity index (χ1) is 10.8. The SMILES string of the molecule is CC/C(C)=C/C(=O)O[C@H]1/C=C(/C)CC/C=C(\C)CC[C@H]1C(C)C. The summed E-state index contributed by atoms with van der Waals surface area (Å²) in [4.78, 5) is 12.2. The van der Waals surface area contributed by atoms with Crippen molar-refractivity contribution in [2.75, 3.05) is 0 Å². The molecule has 0 unspecified atom stereocenters. The lowest BCUT2D eigenvalue weighted by atomic mass is 9.83. The standard InChI is InChI=1S/C21H34O2/c1-7-16(4)14-21(22)23-20-13-18(6)10-8-9-17(5)11-12-19(20)15(2)3/h9,13-15,19-20H,7-8,10-12H2,1-6H3/b16-14+,17-9+,18-13-/t19-,20-/m0/s1. The minimum atomic E-state index is -0.201. The molecule has 130 valence electrons. The second-order valence-electron chi connectivity index (χ2n) is 7.29. The van der Waals surface area contributed by atoms with Crippen molar-refractivity contribution in [2.24, 2.45) is 11.8 Å². The van der Waals surface area contributed by atoms with Crippen molar-refractivity contribution >= 4 is 5.97 Å². The van der Waals surface area contributed by atoms with Gasteiger partial charge in [-0.2, -0.15) is 0 Å². The van der Waals surface area contributed by atoms with Gasteiger partial charge in [-0.05, 0) is 64.9 Å². The number of rotatable bonds is 4. The molecule has 1 rings (SSSR count). The average molecular weight is 319 g/mol. The third kappa shape index (κ3) is 7.20. The van der Waals surface area contributed by atoms with Crippen molar-refractivity contribution < 1.29 is 9.53 Å². The number of allylic oxidation sites excluding steroid dienone is 4. The first-order valence-electron chi connectivity index (χ1n) is 9.04. The van der Waals surface area contributed by atoms with Gasteiger partial charge in [-0.15, -0.1) is 0 Å². The number of esters is 1. The fourth-order valence-electron chi connectivity index (χ4n) is 3.00. The van der Waals surface area contributed by atoms with E-state index in [1.807, 2.05) is 6.92 Å². The number of hydrogen-bond acceptors (Lipinski definition) is 2. The van der Waals surface area contributed by atoms with Gasteiger partial charge in [0.25, 0.3) is 0 Å². The van der Waals surface area contributed by atoms with Gasteiger partial charge in [0.2, 0.25) is 0 Å². The molecule has 0 aliphatic heterocycles. The summed E-state index contributed by atoms with van der Waals surface area (Å²) in [6.45, 7) is 12.9. The van der Waals surface area contributed by atoms with E-state index in [1.165, 1.54) is 11.1 Å². The summed E-state index contributed by atoms with van der Waals surface area (Å²) in [5.41, 5.74) is 3.84. The zero-order valence-corrected chi connectivity index (χ0v) is 15.8. The van der Waals surface area contributed by atoms with Crippen LogP contribution in [-0.2, 0) is 9.53 Å². The van der Waals surface area contributed by atoms with E-state index in [1.54, 1.807) is 6.08 Å². The van der Waals surface area contributed by atoms with Crippen LogP contribution < -0.4 is 0 Å². The van der Waals surface area contributed by atoms with Crippen molar-refractivity contribution in [3.8, 4) is 0 Å².